The summed E-state index contributed by atoms with van der Waals surface area (Å²) in [6.07, 6.45) is 2.23. The maximum Gasteiger partial charge on any atom is 0.123 e. The van der Waals surface area contributed by atoms with E-state index >= 15 is 0 Å². The third-order valence-corrected chi connectivity index (χ3v) is 3.88. The number of thiazole rings is 1. The Morgan fingerprint density at radius 1 is 1.44 bits per heavy atom. The molecule has 1 atom stereocenters. The summed E-state index contributed by atoms with van der Waals surface area (Å²) < 4.78 is 13.3. The van der Waals surface area contributed by atoms with E-state index in [-0.39, 0.29) is 19.0 Å². The monoisotopic (exact) mass is 266 g/mol. The second kappa shape index (κ2) is 5.56. The Kier molecular flexibility index (Phi) is 4.06. The van der Waals surface area contributed by atoms with Gasteiger partial charge in [-0.1, -0.05) is 12.1 Å². The molecule has 2 aromatic rings. The molecular weight excluding hydrogens is 251 g/mol. The summed E-state index contributed by atoms with van der Waals surface area (Å²) in [6, 6.07) is 6.23. The zero-order chi connectivity index (χ0) is 13.0. The Hall–Kier alpha value is -1.30. The van der Waals surface area contributed by atoms with Gasteiger partial charge in [0, 0.05) is 30.0 Å². The van der Waals surface area contributed by atoms with Gasteiger partial charge < -0.3 is 10.8 Å². The lowest BCUT2D eigenvalue weighted by Gasteiger charge is -2.30. The molecule has 0 radical (unpaired) electrons. The van der Waals surface area contributed by atoms with Gasteiger partial charge >= 0.3 is 0 Å². The molecular formula is C13H15FN2OS. The SMILES string of the molecule is NCC(CO)(Cc1nccs1)c1cccc(F)c1. The van der Waals surface area contributed by atoms with Gasteiger partial charge in [0.1, 0.15) is 5.82 Å². The molecule has 18 heavy (non-hydrogen) atoms. The maximum absolute atomic E-state index is 13.3. The van der Waals surface area contributed by atoms with E-state index in [2.05, 4.69) is 4.98 Å². The summed E-state index contributed by atoms with van der Waals surface area (Å²) >= 11 is 1.51. The molecule has 0 aliphatic heterocycles. The molecule has 0 saturated carbocycles. The van der Waals surface area contributed by atoms with Crippen LogP contribution in [0.1, 0.15) is 10.6 Å². The first-order valence-electron chi connectivity index (χ1n) is 5.65. The molecule has 5 heteroatoms. The Morgan fingerprint density at radius 2 is 2.28 bits per heavy atom. The van der Waals surface area contributed by atoms with Crippen LogP contribution in [0.4, 0.5) is 4.39 Å². The summed E-state index contributed by atoms with van der Waals surface area (Å²) in [4.78, 5) is 4.20. The van der Waals surface area contributed by atoms with Crippen molar-refractivity contribution in [3.05, 3.63) is 52.2 Å². The summed E-state index contributed by atoms with van der Waals surface area (Å²) in [5.74, 6) is -0.321. The molecule has 1 aromatic carbocycles. The number of aliphatic hydroxyl groups excluding tert-OH is 1. The van der Waals surface area contributed by atoms with Gasteiger partial charge in [0.2, 0.25) is 0 Å². The van der Waals surface area contributed by atoms with Crippen LogP contribution in [-0.2, 0) is 11.8 Å². The molecule has 0 saturated heterocycles. The van der Waals surface area contributed by atoms with Crippen LogP contribution in [-0.4, -0.2) is 23.2 Å². The van der Waals surface area contributed by atoms with Crippen LogP contribution in [0.25, 0.3) is 0 Å². The Labute approximate surface area is 109 Å². The molecule has 0 fully saturated rings. The van der Waals surface area contributed by atoms with Crippen LogP contribution in [0.3, 0.4) is 0 Å². The highest BCUT2D eigenvalue weighted by Gasteiger charge is 2.31. The van der Waals surface area contributed by atoms with E-state index in [1.54, 1.807) is 18.3 Å². The van der Waals surface area contributed by atoms with E-state index in [1.807, 2.05) is 5.38 Å². The molecule has 0 amide bonds. The number of aliphatic hydroxyl groups is 1. The van der Waals surface area contributed by atoms with Crippen molar-refractivity contribution in [2.45, 2.75) is 11.8 Å². The summed E-state index contributed by atoms with van der Waals surface area (Å²) in [6.45, 7) is 0.110. The molecule has 2 rings (SSSR count). The molecule has 1 heterocycles. The van der Waals surface area contributed by atoms with Gasteiger partial charge in [0.05, 0.1) is 11.6 Å². The fourth-order valence-corrected chi connectivity index (χ4v) is 2.71. The molecule has 0 aliphatic rings. The summed E-state index contributed by atoms with van der Waals surface area (Å²) in [7, 11) is 0. The van der Waals surface area contributed by atoms with Crippen LogP contribution in [0.2, 0.25) is 0 Å². The number of hydrogen-bond acceptors (Lipinski definition) is 4. The maximum atomic E-state index is 13.3. The van der Waals surface area contributed by atoms with Crippen molar-refractivity contribution in [2.75, 3.05) is 13.2 Å². The highest BCUT2D eigenvalue weighted by atomic mass is 32.1. The minimum Gasteiger partial charge on any atom is -0.395 e. The van der Waals surface area contributed by atoms with E-state index < -0.39 is 5.41 Å². The predicted octanol–water partition coefficient (Wildman–Crippen LogP) is 1.71. The van der Waals surface area contributed by atoms with Crippen molar-refractivity contribution in [1.82, 2.24) is 4.98 Å². The number of nitrogens with zero attached hydrogens (tertiary/aromatic N) is 1. The lowest BCUT2D eigenvalue weighted by Crippen LogP contribution is -2.41. The zero-order valence-corrected chi connectivity index (χ0v) is 10.7. The highest BCUT2D eigenvalue weighted by molar-refractivity contribution is 7.09. The van der Waals surface area contributed by atoms with Crippen LogP contribution >= 0.6 is 11.3 Å². The molecule has 96 valence electrons. The van der Waals surface area contributed by atoms with Gasteiger partial charge in [-0.15, -0.1) is 11.3 Å². The van der Waals surface area contributed by atoms with Crippen molar-refractivity contribution >= 4 is 11.3 Å². The largest absolute Gasteiger partial charge is 0.395 e. The van der Waals surface area contributed by atoms with Gasteiger partial charge in [0.25, 0.3) is 0 Å². The van der Waals surface area contributed by atoms with Gasteiger partial charge in [0.15, 0.2) is 0 Å². The first-order valence-corrected chi connectivity index (χ1v) is 6.53. The van der Waals surface area contributed by atoms with E-state index in [0.29, 0.717) is 12.0 Å². The van der Waals surface area contributed by atoms with Gasteiger partial charge in [-0.25, -0.2) is 9.37 Å². The average Bonchev–Trinajstić information content (AvgIpc) is 2.89. The number of halogens is 1. The van der Waals surface area contributed by atoms with Crippen molar-refractivity contribution < 1.29 is 9.50 Å². The number of benzene rings is 1. The molecule has 1 unspecified atom stereocenters. The average molecular weight is 266 g/mol. The predicted molar refractivity (Wildman–Crippen MR) is 70.0 cm³/mol. The standard InChI is InChI=1S/C13H15FN2OS/c14-11-3-1-2-10(6-11)13(8-15,9-17)7-12-16-4-5-18-12/h1-6,17H,7-9,15H2. The van der Waals surface area contributed by atoms with Gasteiger partial charge in [-0.05, 0) is 17.7 Å². The normalized spacial score (nSPS) is 14.4. The Morgan fingerprint density at radius 3 is 2.83 bits per heavy atom. The van der Waals surface area contributed by atoms with E-state index in [9.17, 15) is 9.50 Å². The summed E-state index contributed by atoms with van der Waals surface area (Å²) in [5.41, 5.74) is 5.86. The Balaban J connectivity index is 2.37. The lowest BCUT2D eigenvalue weighted by atomic mass is 9.78. The van der Waals surface area contributed by atoms with Crippen molar-refractivity contribution in [1.29, 1.82) is 0 Å². The second-order valence-electron chi connectivity index (χ2n) is 4.26. The smallest absolute Gasteiger partial charge is 0.123 e. The fraction of sp³-hybridized carbons (Fsp3) is 0.308. The minimum absolute atomic E-state index is 0.132. The zero-order valence-electron chi connectivity index (χ0n) is 9.84. The number of rotatable bonds is 5. The van der Waals surface area contributed by atoms with E-state index in [0.717, 1.165) is 5.01 Å². The van der Waals surface area contributed by atoms with E-state index in [1.165, 1.54) is 23.5 Å². The molecule has 0 bridgehead atoms. The summed E-state index contributed by atoms with van der Waals surface area (Å²) in [5, 5.41) is 12.5. The van der Waals surface area contributed by atoms with Crippen LogP contribution < -0.4 is 5.73 Å². The second-order valence-corrected chi connectivity index (χ2v) is 5.23. The molecule has 0 aliphatic carbocycles. The highest BCUT2D eigenvalue weighted by Crippen LogP contribution is 2.28. The molecule has 3 nitrogen and oxygen atoms in total. The third kappa shape index (κ3) is 2.58. The number of aromatic nitrogens is 1. The van der Waals surface area contributed by atoms with Crippen LogP contribution in [0.15, 0.2) is 35.8 Å². The van der Waals surface area contributed by atoms with Crippen molar-refractivity contribution in [2.24, 2.45) is 5.73 Å². The fourth-order valence-electron chi connectivity index (χ4n) is 1.95. The van der Waals surface area contributed by atoms with Crippen LogP contribution in [0.5, 0.6) is 0 Å². The quantitative estimate of drug-likeness (QED) is 0.866. The lowest BCUT2D eigenvalue weighted by molar-refractivity contribution is 0.195. The van der Waals surface area contributed by atoms with Crippen molar-refractivity contribution in [3.63, 3.8) is 0 Å². The minimum atomic E-state index is -0.667. The van der Waals surface area contributed by atoms with Gasteiger partial charge in [-0.2, -0.15) is 0 Å². The molecule has 3 N–H and O–H groups in total. The first-order chi connectivity index (χ1) is 8.70. The van der Waals surface area contributed by atoms with E-state index in [4.69, 9.17) is 5.73 Å². The number of nitrogens with two attached hydrogens (primary N) is 1. The van der Waals surface area contributed by atoms with Gasteiger partial charge in [-0.3, -0.25) is 0 Å². The topological polar surface area (TPSA) is 59.1 Å². The number of hydrogen-bond donors (Lipinski definition) is 2. The molecule has 1 aromatic heterocycles. The Bertz CT molecular complexity index is 497. The van der Waals surface area contributed by atoms with Crippen molar-refractivity contribution in [3.8, 4) is 0 Å². The van der Waals surface area contributed by atoms with Crippen LogP contribution in [0, 0.1) is 5.82 Å². The third-order valence-electron chi connectivity index (χ3n) is 3.10. The molecule has 0 spiro atoms. The first kappa shape index (κ1) is 13.1.